The van der Waals surface area contributed by atoms with E-state index in [0.29, 0.717) is 16.1 Å². The molecular formula is C18H19N3O3S. The van der Waals surface area contributed by atoms with Crippen molar-refractivity contribution in [1.29, 1.82) is 0 Å². The predicted molar refractivity (Wildman–Crippen MR) is 98.4 cm³/mol. The third kappa shape index (κ3) is 3.41. The van der Waals surface area contributed by atoms with Crippen molar-refractivity contribution in [2.75, 3.05) is 5.32 Å². The number of aliphatic carboxylic acids is 1. The lowest BCUT2D eigenvalue weighted by atomic mass is 10.1. The molecule has 25 heavy (non-hydrogen) atoms. The van der Waals surface area contributed by atoms with Gasteiger partial charge in [-0.25, -0.2) is 0 Å². The normalized spacial score (nSPS) is 11.2. The molecular weight excluding hydrogens is 338 g/mol. The zero-order chi connectivity index (χ0) is 18.1. The number of nitrogens with one attached hydrogen (secondary N) is 1. The summed E-state index contributed by atoms with van der Waals surface area (Å²) in [5.41, 5.74) is 2.07. The standard InChI is InChI=1S/C18H19N3O3S/c1-10(2)16-12-9-14(25-18(12)21(3)20-16)17(24)19-13-7-5-4-6-11(13)8-15(22)23/h4-7,9-10H,8H2,1-3H3,(H,19,24)(H,22,23). The van der Waals surface area contributed by atoms with E-state index in [1.165, 1.54) is 11.3 Å². The molecule has 7 heteroatoms. The monoisotopic (exact) mass is 357 g/mol. The van der Waals surface area contributed by atoms with Crippen LogP contribution in [0, 0.1) is 0 Å². The molecule has 0 saturated heterocycles. The van der Waals surface area contributed by atoms with Gasteiger partial charge in [0.2, 0.25) is 0 Å². The van der Waals surface area contributed by atoms with Crippen LogP contribution in [0.2, 0.25) is 0 Å². The number of carboxylic acids is 1. The molecule has 3 aromatic rings. The second-order valence-corrected chi connectivity index (χ2v) is 7.21. The van der Waals surface area contributed by atoms with Crippen molar-refractivity contribution in [3.05, 3.63) is 46.5 Å². The molecule has 0 spiro atoms. The van der Waals surface area contributed by atoms with Gasteiger partial charge in [-0.2, -0.15) is 5.10 Å². The van der Waals surface area contributed by atoms with Crippen LogP contribution in [0.1, 0.15) is 40.7 Å². The molecule has 2 heterocycles. The number of hydrogen-bond acceptors (Lipinski definition) is 4. The number of anilines is 1. The van der Waals surface area contributed by atoms with Crippen LogP contribution in [0.4, 0.5) is 5.69 Å². The molecule has 1 amide bonds. The van der Waals surface area contributed by atoms with Gasteiger partial charge in [-0.3, -0.25) is 14.3 Å². The van der Waals surface area contributed by atoms with E-state index in [0.717, 1.165) is 15.9 Å². The number of fused-ring (bicyclic) bond motifs is 1. The van der Waals surface area contributed by atoms with E-state index in [4.69, 9.17) is 5.11 Å². The highest BCUT2D eigenvalue weighted by molar-refractivity contribution is 7.20. The summed E-state index contributed by atoms with van der Waals surface area (Å²) in [7, 11) is 1.87. The maximum atomic E-state index is 12.6. The molecule has 0 atom stereocenters. The Morgan fingerprint density at radius 3 is 2.72 bits per heavy atom. The Morgan fingerprint density at radius 2 is 2.04 bits per heavy atom. The molecule has 1 aromatic carbocycles. The lowest BCUT2D eigenvalue weighted by Crippen LogP contribution is -2.13. The van der Waals surface area contributed by atoms with Gasteiger partial charge in [-0.1, -0.05) is 32.0 Å². The number of carboxylic acid groups (broad SMARTS) is 1. The van der Waals surface area contributed by atoms with Gasteiger partial charge in [0.1, 0.15) is 4.83 Å². The first-order valence-corrected chi connectivity index (χ1v) is 8.76. The van der Waals surface area contributed by atoms with Crippen LogP contribution >= 0.6 is 11.3 Å². The van der Waals surface area contributed by atoms with Crippen LogP contribution in [0.25, 0.3) is 10.2 Å². The molecule has 0 fully saturated rings. The first-order valence-electron chi connectivity index (χ1n) is 7.94. The van der Waals surface area contributed by atoms with Crippen LogP contribution in [0.15, 0.2) is 30.3 Å². The molecule has 0 bridgehead atoms. The van der Waals surface area contributed by atoms with E-state index < -0.39 is 5.97 Å². The van der Waals surface area contributed by atoms with Gasteiger partial charge in [0.15, 0.2) is 0 Å². The number of benzene rings is 1. The lowest BCUT2D eigenvalue weighted by Gasteiger charge is -2.08. The first-order chi connectivity index (χ1) is 11.9. The number of nitrogens with zero attached hydrogens (tertiary/aromatic N) is 2. The number of carbonyl (C=O) groups is 2. The Labute approximate surface area is 149 Å². The minimum Gasteiger partial charge on any atom is -0.481 e. The van der Waals surface area contributed by atoms with Gasteiger partial charge in [0.05, 0.1) is 17.0 Å². The summed E-state index contributed by atoms with van der Waals surface area (Å²) in [6.07, 6.45) is -0.135. The summed E-state index contributed by atoms with van der Waals surface area (Å²) >= 11 is 1.38. The molecule has 0 aliphatic carbocycles. The van der Waals surface area contributed by atoms with Gasteiger partial charge >= 0.3 is 5.97 Å². The Kier molecular flexibility index (Phi) is 4.59. The summed E-state index contributed by atoms with van der Waals surface area (Å²) in [6, 6.07) is 8.80. The average Bonchev–Trinajstić information content (AvgIpc) is 3.09. The smallest absolute Gasteiger partial charge is 0.307 e. The number of amides is 1. The van der Waals surface area contributed by atoms with Crippen LogP contribution in [0.5, 0.6) is 0 Å². The maximum absolute atomic E-state index is 12.6. The van der Waals surface area contributed by atoms with Gasteiger partial charge in [0, 0.05) is 18.1 Å². The molecule has 0 saturated carbocycles. The van der Waals surface area contributed by atoms with Gasteiger partial charge in [0.25, 0.3) is 5.91 Å². The fourth-order valence-corrected chi connectivity index (χ4v) is 3.72. The molecule has 3 rings (SSSR count). The van der Waals surface area contributed by atoms with Crippen molar-refractivity contribution in [3.8, 4) is 0 Å². The van der Waals surface area contributed by atoms with Gasteiger partial charge in [-0.15, -0.1) is 11.3 Å². The number of thiophene rings is 1. The Balaban J connectivity index is 1.91. The van der Waals surface area contributed by atoms with Crippen molar-refractivity contribution in [2.45, 2.75) is 26.2 Å². The van der Waals surface area contributed by atoms with E-state index in [1.54, 1.807) is 28.9 Å². The van der Waals surface area contributed by atoms with Crippen LogP contribution in [-0.2, 0) is 18.3 Å². The van der Waals surface area contributed by atoms with E-state index in [1.807, 2.05) is 13.1 Å². The molecule has 6 nitrogen and oxygen atoms in total. The zero-order valence-electron chi connectivity index (χ0n) is 14.2. The summed E-state index contributed by atoms with van der Waals surface area (Å²) in [4.78, 5) is 25.1. The number of para-hydroxylation sites is 1. The van der Waals surface area contributed by atoms with Gasteiger partial charge < -0.3 is 10.4 Å². The second kappa shape index (κ2) is 6.68. The van der Waals surface area contributed by atoms with Gasteiger partial charge in [-0.05, 0) is 23.6 Å². The van der Waals surface area contributed by atoms with Crippen molar-refractivity contribution >= 4 is 39.1 Å². The number of rotatable bonds is 5. The molecule has 0 unspecified atom stereocenters. The molecule has 130 valence electrons. The Morgan fingerprint density at radius 1 is 1.32 bits per heavy atom. The van der Waals surface area contributed by atoms with Crippen molar-refractivity contribution < 1.29 is 14.7 Å². The fraction of sp³-hybridized carbons (Fsp3) is 0.278. The highest BCUT2D eigenvalue weighted by Gasteiger charge is 2.19. The number of carbonyl (C=O) groups excluding carboxylic acids is 1. The number of aryl methyl sites for hydroxylation is 1. The third-order valence-electron chi connectivity index (χ3n) is 3.92. The minimum atomic E-state index is -0.934. The lowest BCUT2D eigenvalue weighted by molar-refractivity contribution is -0.136. The molecule has 2 N–H and O–H groups in total. The predicted octanol–water partition coefficient (Wildman–Crippen LogP) is 3.64. The minimum absolute atomic E-state index is 0.135. The van der Waals surface area contributed by atoms with E-state index >= 15 is 0 Å². The third-order valence-corrected chi connectivity index (χ3v) is 5.12. The highest BCUT2D eigenvalue weighted by atomic mass is 32.1. The van der Waals surface area contributed by atoms with Crippen LogP contribution in [-0.4, -0.2) is 26.8 Å². The van der Waals surface area contributed by atoms with E-state index in [-0.39, 0.29) is 18.2 Å². The molecule has 2 aromatic heterocycles. The van der Waals surface area contributed by atoms with Crippen LogP contribution in [0.3, 0.4) is 0 Å². The average molecular weight is 357 g/mol. The zero-order valence-corrected chi connectivity index (χ0v) is 15.1. The van der Waals surface area contributed by atoms with Crippen molar-refractivity contribution in [2.24, 2.45) is 7.05 Å². The summed E-state index contributed by atoms with van der Waals surface area (Å²) < 4.78 is 1.80. The quantitative estimate of drug-likeness (QED) is 0.730. The Hall–Kier alpha value is -2.67. The van der Waals surface area contributed by atoms with Crippen molar-refractivity contribution in [1.82, 2.24) is 9.78 Å². The number of aromatic nitrogens is 2. The summed E-state index contributed by atoms with van der Waals surface area (Å²) in [5.74, 6) is -0.907. The fourth-order valence-electron chi connectivity index (χ4n) is 2.75. The molecule has 0 aliphatic rings. The first kappa shape index (κ1) is 17.2. The molecule has 0 radical (unpaired) electrons. The van der Waals surface area contributed by atoms with Crippen LogP contribution < -0.4 is 5.32 Å². The SMILES string of the molecule is CC(C)c1nn(C)c2sc(C(=O)Nc3ccccc3CC(=O)O)cc12. The second-order valence-electron chi connectivity index (χ2n) is 6.17. The van der Waals surface area contributed by atoms with E-state index in [2.05, 4.69) is 24.3 Å². The Bertz CT molecular complexity index is 956. The summed E-state index contributed by atoms with van der Waals surface area (Å²) in [5, 5.41) is 17.3. The summed E-state index contributed by atoms with van der Waals surface area (Å²) in [6.45, 7) is 4.14. The molecule has 0 aliphatic heterocycles. The van der Waals surface area contributed by atoms with E-state index in [9.17, 15) is 9.59 Å². The topological polar surface area (TPSA) is 84.2 Å². The largest absolute Gasteiger partial charge is 0.481 e. The van der Waals surface area contributed by atoms with Crippen molar-refractivity contribution in [3.63, 3.8) is 0 Å². The number of hydrogen-bond donors (Lipinski definition) is 2. The maximum Gasteiger partial charge on any atom is 0.307 e. The highest BCUT2D eigenvalue weighted by Crippen LogP contribution is 2.32.